The third kappa shape index (κ3) is 2.64. The molecule has 0 aliphatic carbocycles. The Labute approximate surface area is 113 Å². The topological polar surface area (TPSA) is 88.2 Å². The summed E-state index contributed by atoms with van der Waals surface area (Å²) >= 11 is 1.35. The molecule has 1 aromatic heterocycles. The molecule has 0 aliphatic rings. The summed E-state index contributed by atoms with van der Waals surface area (Å²) in [5.74, 6) is 0.406. The van der Waals surface area contributed by atoms with Gasteiger partial charge in [-0.05, 0) is 12.1 Å². The van der Waals surface area contributed by atoms with Gasteiger partial charge in [-0.25, -0.2) is 0 Å². The van der Waals surface area contributed by atoms with Crippen LogP contribution in [0.2, 0.25) is 0 Å². The molecule has 96 valence electrons. The van der Waals surface area contributed by atoms with Gasteiger partial charge in [0.15, 0.2) is 0 Å². The lowest BCUT2D eigenvalue weighted by atomic mass is 10.2. The van der Waals surface area contributed by atoms with Gasteiger partial charge in [0.1, 0.15) is 17.5 Å². The van der Waals surface area contributed by atoms with E-state index in [1.54, 1.807) is 22.9 Å². The second-order valence-corrected chi connectivity index (χ2v) is 4.32. The number of ether oxygens (including phenoxy) is 1. The summed E-state index contributed by atoms with van der Waals surface area (Å²) in [5.41, 5.74) is 1.23. The van der Waals surface area contributed by atoms with Gasteiger partial charge in [-0.1, -0.05) is 0 Å². The molecule has 7 heteroatoms. The number of nitro groups is 1. The molecule has 2 aromatic rings. The average Bonchev–Trinajstić information content (AvgIpc) is 2.86. The van der Waals surface area contributed by atoms with Crippen molar-refractivity contribution < 1.29 is 9.66 Å². The minimum Gasteiger partial charge on any atom is -0.496 e. The second-order valence-electron chi connectivity index (χ2n) is 3.58. The van der Waals surface area contributed by atoms with E-state index in [1.165, 1.54) is 24.5 Å². The highest BCUT2D eigenvalue weighted by molar-refractivity contribution is 7.08. The van der Waals surface area contributed by atoms with Crippen molar-refractivity contribution in [1.82, 2.24) is 0 Å². The van der Waals surface area contributed by atoms with E-state index in [1.807, 2.05) is 6.07 Å². The Morgan fingerprint density at radius 3 is 2.84 bits per heavy atom. The predicted molar refractivity (Wildman–Crippen MR) is 72.0 cm³/mol. The lowest BCUT2D eigenvalue weighted by Crippen LogP contribution is -1.98. The molecule has 0 aliphatic heterocycles. The van der Waals surface area contributed by atoms with Gasteiger partial charge >= 0.3 is 0 Å². The Kier molecular flexibility index (Phi) is 3.63. The van der Waals surface area contributed by atoms with E-state index in [0.29, 0.717) is 22.7 Å². The first-order valence-electron chi connectivity index (χ1n) is 5.21. The maximum Gasteiger partial charge on any atom is 0.296 e. The zero-order valence-corrected chi connectivity index (χ0v) is 10.7. The van der Waals surface area contributed by atoms with E-state index in [0.717, 1.165) is 0 Å². The summed E-state index contributed by atoms with van der Waals surface area (Å²) < 4.78 is 4.96. The maximum atomic E-state index is 11.0. The molecule has 19 heavy (non-hydrogen) atoms. The molecule has 0 spiro atoms. The van der Waals surface area contributed by atoms with E-state index >= 15 is 0 Å². The SMILES string of the molecule is COc1ccc(Nc2cscc2C#N)c([N+](=O)[O-])c1. The van der Waals surface area contributed by atoms with E-state index in [9.17, 15) is 10.1 Å². The molecule has 0 unspecified atom stereocenters. The number of methoxy groups -OCH3 is 1. The largest absolute Gasteiger partial charge is 0.496 e. The molecule has 1 aromatic carbocycles. The van der Waals surface area contributed by atoms with Gasteiger partial charge in [0.05, 0.1) is 29.4 Å². The normalized spacial score (nSPS) is 9.68. The van der Waals surface area contributed by atoms with Gasteiger partial charge in [0, 0.05) is 10.8 Å². The van der Waals surface area contributed by atoms with Crippen molar-refractivity contribution >= 4 is 28.4 Å². The Hall–Kier alpha value is -2.59. The van der Waals surface area contributed by atoms with E-state index in [2.05, 4.69) is 5.32 Å². The lowest BCUT2D eigenvalue weighted by molar-refractivity contribution is -0.384. The zero-order valence-electron chi connectivity index (χ0n) is 9.91. The number of nitrogens with zero attached hydrogens (tertiary/aromatic N) is 2. The van der Waals surface area contributed by atoms with Gasteiger partial charge in [-0.3, -0.25) is 10.1 Å². The van der Waals surface area contributed by atoms with Crippen LogP contribution in [0.25, 0.3) is 0 Å². The van der Waals surface area contributed by atoms with Gasteiger partial charge < -0.3 is 10.1 Å². The minimum atomic E-state index is -0.497. The fourth-order valence-electron chi connectivity index (χ4n) is 1.52. The second kappa shape index (κ2) is 5.37. The average molecular weight is 275 g/mol. The molecule has 0 radical (unpaired) electrons. The number of nitrogens with one attached hydrogen (secondary N) is 1. The van der Waals surface area contributed by atoms with Crippen LogP contribution >= 0.6 is 11.3 Å². The highest BCUT2D eigenvalue weighted by Gasteiger charge is 2.16. The highest BCUT2D eigenvalue weighted by Crippen LogP contribution is 2.33. The van der Waals surface area contributed by atoms with Gasteiger partial charge in [-0.15, -0.1) is 11.3 Å². The number of nitro benzene ring substituents is 1. The molecular weight excluding hydrogens is 266 g/mol. The van der Waals surface area contributed by atoms with Crippen LogP contribution in [0.4, 0.5) is 17.1 Å². The summed E-state index contributed by atoms with van der Waals surface area (Å²) in [5, 5.41) is 26.2. The quantitative estimate of drug-likeness (QED) is 0.683. The lowest BCUT2D eigenvalue weighted by Gasteiger charge is -2.07. The summed E-state index contributed by atoms with van der Waals surface area (Å²) in [6.07, 6.45) is 0. The Balaban J connectivity index is 2.40. The van der Waals surface area contributed by atoms with Crippen molar-refractivity contribution in [2.24, 2.45) is 0 Å². The molecule has 0 bridgehead atoms. The molecule has 1 N–H and O–H groups in total. The minimum absolute atomic E-state index is 0.102. The monoisotopic (exact) mass is 275 g/mol. The molecule has 2 rings (SSSR count). The molecule has 1 heterocycles. The molecule has 6 nitrogen and oxygen atoms in total. The summed E-state index contributed by atoms with van der Waals surface area (Å²) in [4.78, 5) is 10.5. The molecule has 0 saturated carbocycles. The number of benzene rings is 1. The smallest absolute Gasteiger partial charge is 0.296 e. The van der Waals surface area contributed by atoms with Crippen molar-refractivity contribution in [2.75, 3.05) is 12.4 Å². The molecule has 0 fully saturated rings. The van der Waals surface area contributed by atoms with Crippen LogP contribution in [0.3, 0.4) is 0 Å². The van der Waals surface area contributed by atoms with E-state index < -0.39 is 4.92 Å². The molecule has 0 saturated heterocycles. The fourth-order valence-corrected chi connectivity index (χ4v) is 2.23. The third-order valence-electron chi connectivity index (χ3n) is 2.45. The number of thiophene rings is 1. The molecule has 0 atom stereocenters. The van der Waals surface area contributed by atoms with Crippen LogP contribution < -0.4 is 10.1 Å². The first-order chi connectivity index (χ1) is 9.15. The Morgan fingerprint density at radius 2 is 2.21 bits per heavy atom. The van der Waals surface area contributed by atoms with Gasteiger partial charge in [0.25, 0.3) is 5.69 Å². The van der Waals surface area contributed by atoms with Crippen molar-refractivity contribution in [3.8, 4) is 11.8 Å². The number of hydrogen-bond donors (Lipinski definition) is 1. The standard InChI is InChI=1S/C12H9N3O3S/c1-18-9-2-3-10(12(4-9)15(16)17)14-11-7-19-6-8(11)5-13/h2-4,6-7,14H,1H3. The highest BCUT2D eigenvalue weighted by atomic mass is 32.1. The van der Waals surface area contributed by atoms with Crippen molar-refractivity contribution in [3.63, 3.8) is 0 Å². The summed E-state index contributed by atoms with van der Waals surface area (Å²) in [6.45, 7) is 0. The van der Waals surface area contributed by atoms with Crippen molar-refractivity contribution in [2.45, 2.75) is 0 Å². The molecular formula is C12H9N3O3S. The number of hydrogen-bond acceptors (Lipinski definition) is 6. The van der Waals surface area contributed by atoms with Crippen LogP contribution in [0.1, 0.15) is 5.56 Å². The van der Waals surface area contributed by atoms with E-state index in [4.69, 9.17) is 10.00 Å². The number of anilines is 2. The van der Waals surface area contributed by atoms with Crippen molar-refractivity contribution in [1.29, 1.82) is 5.26 Å². The summed E-state index contributed by atoms with van der Waals surface area (Å²) in [6, 6.07) is 6.52. The van der Waals surface area contributed by atoms with Crippen LogP contribution in [-0.2, 0) is 0 Å². The van der Waals surface area contributed by atoms with Crippen LogP contribution in [-0.4, -0.2) is 12.0 Å². The fraction of sp³-hybridized carbons (Fsp3) is 0.0833. The Bertz CT molecular complexity index is 660. The Morgan fingerprint density at radius 1 is 1.42 bits per heavy atom. The van der Waals surface area contributed by atoms with Crippen LogP contribution in [0.15, 0.2) is 29.0 Å². The van der Waals surface area contributed by atoms with Crippen LogP contribution in [0.5, 0.6) is 5.75 Å². The molecule has 0 amide bonds. The third-order valence-corrected chi connectivity index (χ3v) is 3.20. The van der Waals surface area contributed by atoms with Gasteiger partial charge in [-0.2, -0.15) is 5.26 Å². The number of nitriles is 1. The predicted octanol–water partition coefficient (Wildman–Crippen LogP) is 3.28. The zero-order chi connectivity index (χ0) is 13.8. The first kappa shape index (κ1) is 12.9. The van der Waals surface area contributed by atoms with Crippen molar-refractivity contribution in [3.05, 3.63) is 44.6 Å². The maximum absolute atomic E-state index is 11.0. The first-order valence-corrected chi connectivity index (χ1v) is 6.15. The van der Waals surface area contributed by atoms with Crippen LogP contribution in [0, 0.1) is 21.4 Å². The summed E-state index contributed by atoms with van der Waals surface area (Å²) in [7, 11) is 1.44. The number of rotatable bonds is 4. The van der Waals surface area contributed by atoms with E-state index in [-0.39, 0.29) is 5.69 Å². The van der Waals surface area contributed by atoms with Gasteiger partial charge in [0.2, 0.25) is 0 Å².